The predicted octanol–water partition coefficient (Wildman–Crippen LogP) is 1.59. The Bertz CT molecular complexity index is 592. The van der Waals surface area contributed by atoms with E-state index in [1.54, 1.807) is 0 Å². The van der Waals surface area contributed by atoms with E-state index in [-0.39, 0.29) is 11.3 Å². The number of carboxylic acid groups (broad SMARTS) is 1. The van der Waals surface area contributed by atoms with E-state index < -0.39 is 29.0 Å². The Labute approximate surface area is 93.5 Å². The standard InChI is InChI=1S/C10H6FNO5/c11-8-6(13)2-1-4(9(8)14)5-3-7(10(15)16)17-12-5/h1-3,13-14H,(H,15,16). The van der Waals surface area contributed by atoms with Crippen LogP contribution in [0.3, 0.4) is 0 Å². The molecule has 0 fully saturated rings. The van der Waals surface area contributed by atoms with Gasteiger partial charge in [0.2, 0.25) is 11.6 Å². The molecule has 6 nitrogen and oxygen atoms in total. The SMILES string of the molecule is O=C(O)c1cc(-c2ccc(O)c(F)c2O)no1. The molecule has 1 heterocycles. The number of phenolic OH excluding ortho intramolecular Hbond substituents is 2. The third kappa shape index (κ3) is 1.78. The van der Waals surface area contributed by atoms with E-state index in [1.165, 1.54) is 6.07 Å². The minimum Gasteiger partial charge on any atom is -0.505 e. The molecule has 0 saturated heterocycles. The first-order valence-electron chi connectivity index (χ1n) is 4.41. The zero-order valence-electron chi connectivity index (χ0n) is 8.22. The smallest absolute Gasteiger partial charge is 0.374 e. The van der Waals surface area contributed by atoms with Crippen molar-refractivity contribution < 1.29 is 29.0 Å². The van der Waals surface area contributed by atoms with Crippen LogP contribution >= 0.6 is 0 Å². The summed E-state index contributed by atoms with van der Waals surface area (Å²) >= 11 is 0. The summed E-state index contributed by atoms with van der Waals surface area (Å²) < 4.78 is 17.6. The van der Waals surface area contributed by atoms with Gasteiger partial charge in [-0.15, -0.1) is 0 Å². The minimum absolute atomic E-state index is 0.0428. The average Bonchev–Trinajstić information content (AvgIpc) is 2.75. The van der Waals surface area contributed by atoms with E-state index in [0.717, 1.165) is 12.1 Å². The lowest BCUT2D eigenvalue weighted by molar-refractivity contribution is 0.0652. The summed E-state index contributed by atoms with van der Waals surface area (Å²) in [5.74, 6) is -4.51. The van der Waals surface area contributed by atoms with Gasteiger partial charge in [0.05, 0.1) is 0 Å². The molecule has 1 aromatic heterocycles. The van der Waals surface area contributed by atoms with E-state index in [9.17, 15) is 14.3 Å². The molecule has 0 saturated carbocycles. The van der Waals surface area contributed by atoms with Crippen LogP contribution in [0.15, 0.2) is 22.7 Å². The highest BCUT2D eigenvalue weighted by Gasteiger charge is 2.18. The first kappa shape index (κ1) is 10.9. The second-order valence-electron chi connectivity index (χ2n) is 3.18. The average molecular weight is 239 g/mol. The molecule has 2 rings (SSSR count). The molecule has 1 aromatic carbocycles. The van der Waals surface area contributed by atoms with Crippen LogP contribution in [0.5, 0.6) is 11.5 Å². The molecule has 88 valence electrons. The van der Waals surface area contributed by atoms with Crippen LogP contribution in [0.1, 0.15) is 10.6 Å². The Kier molecular flexibility index (Phi) is 2.43. The molecule has 0 radical (unpaired) electrons. The van der Waals surface area contributed by atoms with Crippen molar-refractivity contribution in [1.82, 2.24) is 5.16 Å². The van der Waals surface area contributed by atoms with E-state index >= 15 is 0 Å². The number of aromatic carboxylic acids is 1. The van der Waals surface area contributed by atoms with Crippen LogP contribution in [-0.2, 0) is 0 Å². The molecular weight excluding hydrogens is 233 g/mol. The molecule has 0 aliphatic heterocycles. The van der Waals surface area contributed by atoms with Crippen LogP contribution < -0.4 is 0 Å². The van der Waals surface area contributed by atoms with Gasteiger partial charge in [0.15, 0.2) is 11.5 Å². The van der Waals surface area contributed by atoms with Crippen LogP contribution in [0.2, 0.25) is 0 Å². The fraction of sp³-hybridized carbons (Fsp3) is 0. The number of aromatic nitrogens is 1. The van der Waals surface area contributed by atoms with Crippen LogP contribution in [0.4, 0.5) is 4.39 Å². The highest BCUT2D eigenvalue weighted by Crippen LogP contribution is 2.35. The number of nitrogens with zero attached hydrogens (tertiary/aromatic N) is 1. The second-order valence-corrected chi connectivity index (χ2v) is 3.18. The van der Waals surface area contributed by atoms with Crippen molar-refractivity contribution in [3.8, 4) is 22.8 Å². The van der Waals surface area contributed by atoms with E-state index in [2.05, 4.69) is 9.68 Å². The van der Waals surface area contributed by atoms with Crippen molar-refractivity contribution in [2.75, 3.05) is 0 Å². The fourth-order valence-electron chi connectivity index (χ4n) is 1.26. The van der Waals surface area contributed by atoms with Gasteiger partial charge in [-0.25, -0.2) is 4.79 Å². The number of hydrogen-bond acceptors (Lipinski definition) is 5. The van der Waals surface area contributed by atoms with Gasteiger partial charge in [0.25, 0.3) is 0 Å². The molecule has 0 atom stereocenters. The fourth-order valence-corrected chi connectivity index (χ4v) is 1.26. The Morgan fingerprint density at radius 3 is 2.65 bits per heavy atom. The summed E-state index contributed by atoms with van der Waals surface area (Å²) in [7, 11) is 0. The third-order valence-corrected chi connectivity index (χ3v) is 2.09. The quantitative estimate of drug-likeness (QED) is 0.735. The number of rotatable bonds is 2. The number of hydrogen-bond donors (Lipinski definition) is 3. The third-order valence-electron chi connectivity index (χ3n) is 2.09. The lowest BCUT2D eigenvalue weighted by Gasteiger charge is -2.02. The van der Waals surface area contributed by atoms with Gasteiger partial charge >= 0.3 is 5.97 Å². The number of benzene rings is 1. The highest BCUT2D eigenvalue weighted by atomic mass is 19.1. The maximum atomic E-state index is 13.2. The number of carboxylic acids is 1. The Hall–Kier alpha value is -2.57. The minimum atomic E-state index is -1.33. The summed E-state index contributed by atoms with van der Waals surface area (Å²) in [5, 5.41) is 30.4. The van der Waals surface area contributed by atoms with Crippen molar-refractivity contribution in [3.63, 3.8) is 0 Å². The predicted molar refractivity (Wildman–Crippen MR) is 52.2 cm³/mol. The van der Waals surface area contributed by atoms with Crippen LogP contribution in [0.25, 0.3) is 11.3 Å². The van der Waals surface area contributed by atoms with Crippen molar-refractivity contribution in [3.05, 3.63) is 29.8 Å². The first-order valence-corrected chi connectivity index (χ1v) is 4.41. The van der Waals surface area contributed by atoms with E-state index in [1.807, 2.05) is 0 Å². The van der Waals surface area contributed by atoms with Crippen molar-refractivity contribution in [1.29, 1.82) is 0 Å². The molecular formula is C10H6FNO5. The maximum absolute atomic E-state index is 13.2. The zero-order chi connectivity index (χ0) is 12.6. The zero-order valence-corrected chi connectivity index (χ0v) is 8.22. The molecule has 7 heteroatoms. The molecule has 0 unspecified atom stereocenters. The van der Waals surface area contributed by atoms with Gasteiger partial charge in [-0.1, -0.05) is 5.16 Å². The maximum Gasteiger partial charge on any atom is 0.374 e. The summed E-state index contributed by atoms with van der Waals surface area (Å²) in [5.41, 5.74) is -0.115. The molecule has 0 bridgehead atoms. The van der Waals surface area contributed by atoms with E-state index in [0.29, 0.717) is 0 Å². The Morgan fingerprint density at radius 2 is 2.06 bits per heavy atom. The Morgan fingerprint density at radius 1 is 1.35 bits per heavy atom. The van der Waals surface area contributed by atoms with E-state index in [4.69, 9.17) is 10.2 Å². The number of carbonyl (C=O) groups is 1. The molecule has 17 heavy (non-hydrogen) atoms. The highest BCUT2D eigenvalue weighted by molar-refractivity contribution is 5.86. The monoisotopic (exact) mass is 239 g/mol. The van der Waals surface area contributed by atoms with Gasteiger partial charge < -0.3 is 19.8 Å². The number of aromatic hydroxyl groups is 2. The van der Waals surface area contributed by atoms with Gasteiger partial charge in [-0.05, 0) is 12.1 Å². The largest absolute Gasteiger partial charge is 0.505 e. The summed E-state index contributed by atoms with van der Waals surface area (Å²) in [6, 6.07) is 3.24. The number of phenols is 2. The Balaban J connectivity index is 2.53. The van der Waals surface area contributed by atoms with Crippen LogP contribution in [-0.4, -0.2) is 26.4 Å². The molecule has 0 aliphatic carbocycles. The van der Waals surface area contributed by atoms with Gasteiger partial charge in [0.1, 0.15) is 5.69 Å². The first-order chi connectivity index (χ1) is 8.00. The van der Waals surface area contributed by atoms with Gasteiger partial charge in [0, 0.05) is 11.6 Å². The summed E-state index contributed by atoms with van der Waals surface area (Å²) in [4.78, 5) is 10.5. The van der Waals surface area contributed by atoms with Gasteiger partial charge in [-0.3, -0.25) is 0 Å². The molecule has 0 aliphatic rings. The topological polar surface area (TPSA) is 104 Å². The van der Waals surface area contributed by atoms with Gasteiger partial charge in [-0.2, -0.15) is 4.39 Å². The van der Waals surface area contributed by atoms with Crippen molar-refractivity contribution in [2.45, 2.75) is 0 Å². The summed E-state index contributed by atoms with van der Waals surface area (Å²) in [6.07, 6.45) is 0. The number of halogens is 1. The van der Waals surface area contributed by atoms with Crippen molar-refractivity contribution in [2.24, 2.45) is 0 Å². The molecule has 0 spiro atoms. The lowest BCUT2D eigenvalue weighted by Crippen LogP contribution is -1.91. The summed E-state index contributed by atoms with van der Waals surface area (Å²) in [6.45, 7) is 0. The molecule has 0 amide bonds. The second kappa shape index (κ2) is 3.78. The molecule has 3 N–H and O–H groups in total. The lowest BCUT2D eigenvalue weighted by atomic mass is 10.1. The normalized spacial score (nSPS) is 10.4. The van der Waals surface area contributed by atoms with Crippen molar-refractivity contribution >= 4 is 5.97 Å². The molecule has 2 aromatic rings. The van der Waals surface area contributed by atoms with Crippen LogP contribution in [0, 0.1) is 5.82 Å².